The number of rotatable bonds is 2. The minimum absolute atomic E-state index is 0.463. The summed E-state index contributed by atoms with van der Waals surface area (Å²) in [6, 6.07) is 47.7. The van der Waals surface area contributed by atoms with Crippen LogP contribution in [-0.2, 0) is 0 Å². The first-order chi connectivity index (χ1) is 23.2. The summed E-state index contributed by atoms with van der Waals surface area (Å²) >= 11 is 0. The highest BCUT2D eigenvalue weighted by molar-refractivity contribution is 6.22. The molecule has 0 saturated heterocycles. The smallest absolute Gasteiger partial charge is 0.212 e. The number of furan rings is 1. The topological polar surface area (TPSA) is 51.1 Å². The van der Waals surface area contributed by atoms with Crippen molar-refractivity contribution in [3.05, 3.63) is 150 Å². The summed E-state index contributed by atoms with van der Waals surface area (Å²) in [7, 11) is 0. The maximum Gasteiger partial charge on any atom is 0.212 e. The summed E-state index contributed by atoms with van der Waals surface area (Å²) in [6.45, 7) is 8.38. The highest BCUT2D eigenvalue weighted by Crippen LogP contribution is 2.43. The molecule has 0 amide bonds. The Balaban J connectivity index is 1.30. The zero-order valence-corrected chi connectivity index (χ0v) is 24.9. The van der Waals surface area contributed by atoms with E-state index in [1.54, 1.807) is 0 Å². The van der Waals surface area contributed by atoms with Crippen molar-refractivity contribution in [1.29, 1.82) is 5.26 Å². The second-order valence-electron chi connectivity index (χ2n) is 11.9. The first-order valence-electron chi connectivity index (χ1n) is 15.5. The number of nitriles is 1. The molecule has 0 aliphatic heterocycles. The maximum absolute atomic E-state index is 10.7. The van der Waals surface area contributed by atoms with Gasteiger partial charge in [0.05, 0.1) is 45.6 Å². The predicted octanol–water partition coefficient (Wildman–Crippen LogP) is 11.4. The fourth-order valence-corrected chi connectivity index (χ4v) is 7.55. The zero-order chi connectivity index (χ0) is 31.2. The van der Waals surface area contributed by atoms with E-state index in [9.17, 15) is 5.26 Å². The molecule has 3 heterocycles. The molecule has 0 N–H and O–H groups in total. The van der Waals surface area contributed by atoms with Crippen LogP contribution in [-0.4, -0.2) is 9.13 Å². The van der Waals surface area contributed by atoms with Gasteiger partial charge in [0.1, 0.15) is 17.2 Å². The zero-order valence-electron chi connectivity index (χ0n) is 24.9. The van der Waals surface area contributed by atoms with Crippen molar-refractivity contribution in [2.75, 3.05) is 0 Å². The molecular formula is C42H22N4O. The highest BCUT2D eigenvalue weighted by Gasteiger charge is 2.22. The van der Waals surface area contributed by atoms with E-state index in [1.165, 1.54) is 0 Å². The predicted molar refractivity (Wildman–Crippen MR) is 191 cm³/mol. The quantitative estimate of drug-likeness (QED) is 0.186. The molecule has 5 nitrogen and oxygen atoms in total. The van der Waals surface area contributed by atoms with Crippen LogP contribution in [0.5, 0.6) is 0 Å². The Morgan fingerprint density at radius 1 is 0.532 bits per heavy atom. The molecule has 216 valence electrons. The van der Waals surface area contributed by atoms with Gasteiger partial charge >= 0.3 is 0 Å². The van der Waals surface area contributed by atoms with E-state index in [2.05, 4.69) is 105 Å². The Bertz CT molecular complexity index is 3050. The molecule has 0 unspecified atom stereocenters. The molecule has 0 spiro atoms. The third-order valence-electron chi connectivity index (χ3n) is 9.55. The molecule has 10 rings (SSSR count). The molecule has 47 heavy (non-hydrogen) atoms. The second-order valence-corrected chi connectivity index (χ2v) is 11.9. The Labute approximate surface area is 268 Å². The van der Waals surface area contributed by atoms with Crippen LogP contribution in [0.15, 0.2) is 138 Å². The Morgan fingerprint density at radius 3 is 2.02 bits per heavy atom. The largest absolute Gasteiger partial charge is 0.456 e. The fourth-order valence-electron chi connectivity index (χ4n) is 7.55. The van der Waals surface area contributed by atoms with E-state index in [1.807, 2.05) is 48.5 Å². The van der Waals surface area contributed by atoms with Crippen LogP contribution in [0.4, 0.5) is 5.69 Å². The summed E-state index contributed by atoms with van der Waals surface area (Å²) < 4.78 is 10.5. The Hall–Kier alpha value is -6.82. The normalized spacial score (nSPS) is 11.8. The van der Waals surface area contributed by atoms with Crippen LogP contribution in [0.2, 0.25) is 0 Å². The van der Waals surface area contributed by atoms with E-state index >= 15 is 0 Å². The molecule has 10 aromatic rings. The van der Waals surface area contributed by atoms with Gasteiger partial charge in [-0.2, -0.15) is 5.26 Å². The number of fused-ring (bicyclic) bond motifs is 11. The monoisotopic (exact) mass is 598 g/mol. The van der Waals surface area contributed by atoms with Crippen molar-refractivity contribution < 1.29 is 4.42 Å². The lowest BCUT2D eigenvalue weighted by atomic mass is 10.0. The number of hydrogen-bond acceptors (Lipinski definition) is 2. The van der Waals surface area contributed by atoms with Crippen molar-refractivity contribution in [2.24, 2.45) is 0 Å². The van der Waals surface area contributed by atoms with Crippen LogP contribution in [0.25, 0.3) is 92.5 Å². The van der Waals surface area contributed by atoms with Gasteiger partial charge in [0.25, 0.3) is 0 Å². The second kappa shape index (κ2) is 9.34. The Morgan fingerprint density at radius 2 is 1.21 bits per heavy atom. The van der Waals surface area contributed by atoms with Gasteiger partial charge in [-0.3, -0.25) is 0 Å². The van der Waals surface area contributed by atoms with Crippen LogP contribution >= 0.6 is 0 Å². The van der Waals surface area contributed by atoms with Gasteiger partial charge in [0.15, 0.2) is 0 Å². The van der Waals surface area contributed by atoms with Crippen molar-refractivity contribution in [2.45, 2.75) is 0 Å². The highest BCUT2D eigenvalue weighted by atomic mass is 16.3. The number of nitrogens with zero attached hydrogens (tertiary/aromatic N) is 4. The lowest BCUT2D eigenvalue weighted by Crippen LogP contribution is -2.01. The van der Waals surface area contributed by atoms with E-state index in [0.717, 1.165) is 76.3 Å². The number of hydrogen-bond donors (Lipinski definition) is 0. The van der Waals surface area contributed by atoms with Crippen LogP contribution < -0.4 is 0 Å². The van der Waals surface area contributed by atoms with Gasteiger partial charge in [-0.1, -0.05) is 84.9 Å². The molecule has 0 radical (unpaired) electrons. The molecule has 0 saturated carbocycles. The van der Waals surface area contributed by atoms with Gasteiger partial charge < -0.3 is 13.6 Å². The van der Waals surface area contributed by atoms with E-state index < -0.39 is 0 Å². The van der Waals surface area contributed by atoms with Crippen molar-refractivity contribution >= 4 is 82.0 Å². The summed E-state index contributed by atoms with van der Waals surface area (Å²) in [4.78, 5) is 4.08. The molecule has 5 heteroatoms. The van der Waals surface area contributed by atoms with Gasteiger partial charge in [0.2, 0.25) is 5.69 Å². The first kappa shape index (κ1) is 25.5. The number of benzene rings is 7. The SMILES string of the molecule is [C-]#[N+]c1cc(-n2c3ccccc3c3cc4c(cc32)oc2ccccc24)c(C#N)cc1-n1c2ccccc2c2c3ccccc3ccc21. The molecule has 0 bridgehead atoms. The summed E-state index contributed by atoms with van der Waals surface area (Å²) in [5.41, 5.74) is 7.77. The minimum Gasteiger partial charge on any atom is -0.456 e. The van der Waals surface area contributed by atoms with E-state index in [4.69, 9.17) is 11.0 Å². The molecule has 0 atom stereocenters. The summed E-state index contributed by atoms with van der Waals surface area (Å²) in [5.74, 6) is 0. The maximum atomic E-state index is 10.7. The molecule has 0 fully saturated rings. The van der Waals surface area contributed by atoms with Gasteiger partial charge in [-0.15, -0.1) is 0 Å². The lowest BCUT2D eigenvalue weighted by molar-refractivity contribution is 0.669. The van der Waals surface area contributed by atoms with Crippen molar-refractivity contribution in [3.8, 4) is 17.4 Å². The number of para-hydroxylation sites is 3. The van der Waals surface area contributed by atoms with Crippen molar-refractivity contribution in [1.82, 2.24) is 9.13 Å². The third-order valence-corrected chi connectivity index (χ3v) is 9.55. The molecule has 0 aliphatic rings. The van der Waals surface area contributed by atoms with Gasteiger partial charge in [-0.05, 0) is 53.2 Å². The molecular weight excluding hydrogens is 576 g/mol. The van der Waals surface area contributed by atoms with Crippen LogP contribution in [0.1, 0.15) is 5.56 Å². The third kappa shape index (κ3) is 3.40. The van der Waals surface area contributed by atoms with Gasteiger partial charge in [-0.25, -0.2) is 4.85 Å². The average molecular weight is 599 g/mol. The molecule has 0 aliphatic carbocycles. The van der Waals surface area contributed by atoms with Gasteiger partial charge in [0, 0.05) is 38.4 Å². The van der Waals surface area contributed by atoms with Crippen molar-refractivity contribution in [3.63, 3.8) is 0 Å². The summed E-state index contributed by atoms with van der Waals surface area (Å²) in [6.07, 6.45) is 0. The lowest BCUT2D eigenvalue weighted by Gasteiger charge is -2.16. The van der Waals surface area contributed by atoms with Crippen LogP contribution in [0, 0.1) is 17.9 Å². The van der Waals surface area contributed by atoms with E-state index in [-0.39, 0.29) is 0 Å². The fraction of sp³-hybridized carbons (Fsp3) is 0. The minimum atomic E-state index is 0.463. The Kier molecular flexibility index (Phi) is 5.07. The molecule has 3 aromatic heterocycles. The average Bonchev–Trinajstić information content (AvgIpc) is 3.77. The first-order valence-corrected chi connectivity index (χ1v) is 15.5. The standard InChI is InChI=1S/C42H22N4O/c1-44-33-22-37(46-34-15-7-4-12-28(34)31-21-32-29-13-6-9-17-40(29)47-41(32)23-38(31)46)26(24-43)20-39(33)45-35-16-8-5-14-30(35)42-27-11-3-2-10-25(27)18-19-36(42)45/h2-23H. The van der Waals surface area contributed by atoms with Crippen LogP contribution in [0.3, 0.4) is 0 Å². The summed E-state index contributed by atoms with van der Waals surface area (Å²) in [5, 5.41) is 19.5. The van der Waals surface area contributed by atoms with E-state index in [0.29, 0.717) is 22.6 Å². The number of aromatic nitrogens is 2. The molecule has 7 aromatic carbocycles.